The lowest BCUT2D eigenvalue weighted by molar-refractivity contribution is -0.0330. The molecule has 33 heavy (non-hydrogen) atoms. The first-order valence-corrected chi connectivity index (χ1v) is 11.7. The van der Waals surface area contributed by atoms with Gasteiger partial charge in [-0.15, -0.1) is 0 Å². The zero-order valence-electron chi connectivity index (χ0n) is 19.3. The molecule has 180 valence electrons. The van der Waals surface area contributed by atoms with Gasteiger partial charge >= 0.3 is 0 Å². The monoisotopic (exact) mass is 461 g/mol. The second-order valence-corrected chi connectivity index (χ2v) is 9.14. The number of aromatic nitrogens is 2. The largest absolute Gasteiger partial charge is 0.489 e. The summed E-state index contributed by atoms with van der Waals surface area (Å²) >= 11 is 0. The van der Waals surface area contributed by atoms with Gasteiger partial charge in [-0.2, -0.15) is 8.78 Å². The number of hydrogen-bond acceptors (Lipinski definition) is 7. The molecule has 0 bridgehead atoms. The maximum atomic E-state index is 14.5. The minimum Gasteiger partial charge on any atom is -0.489 e. The van der Waals surface area contributed by atoms with Gasteiger partial charge in [-0.1, -0.05) is 13.8 Å². The Labute approximate surface area is 193 Å². The van der Waals surface area contributed by atoms with Crippen LogP contribution in [0.2, 0.25) is 0 Å². The fraction of sp³-hybridized carbons (Fsp3) is 0.583. The van der Waals surface area contributed by atoms with E-state index >= 15 is 0 Å². The van der Waals surface area contributed by atoms with Crippen LogP contribution < -0.4 is 15.4 Å². The number of alkyl halides is 2. The molecule has 1 aliphatic carbocycles. The van der Waals surface area contributed by atoms with E-state index in [9.17, 15) is 13.9 Å². The third-order valence-electron chi connectivity index (χ3n) is 6.15. The van der Waals surface area contributed by atoms with Gasteiger partial charge in [0.1, 0.15) is 24.3 Å². The predicted octanol–water partition coefficient (Wildman–Crippen LogP) is 3.24. The highest BCUT2D eigenvalue weighted by molar-refractivity contribution is 5.67. The van der Waals surface area contributed by atoms with Gasteiger partial charge < -0.3 is 20.5 Å². The average molecular weight is 462 g/mol. The smallest absolute Gasteiger partial charge is 0.290 e. The Hall–Kier alpha value is -2.36. The number of piperazine rings is 1. The Bertz CT molecular complexity index is 933. The van der Waals surface area contributed by atoms with E-state index in [0.717, 1.165) is 38.2 Å². The Morgan fingerprint density at radius 3 is 2.61 bits per heavy atom. The third-order valence-corrected chi connectivity index (χ3v) is 6.15. The number of benzene rings is 1. The van der Waals surface area contributed by atoms with Crippen LogP contribution in [0.1, 0.15) is 37.9 Å². The fourth-order valence-corrected chi connectivity index (χ4v) is 4.18. The lowest BCUT2D eigenvalue weighted by Gasteiger charge is -2.31. The number of fused-ring (bicyclic) bond motifs is 1. The highest BCUT2D eigenvalue weighted by atomic mass is 19.3. The van der Waals surface area contributed by atoms with Crippen molar-refractivity contribution in [2.45, 2.75) is 45.3 Å². The summed E-state index contributed by atoms with van der Waals surface area (Å²) in [7, 11) is 0. The van der Waals surface area contributed by atoms with Crippen molar-refractivity contribution in [2.75, 3.05) is 44.6 Å². The molecule has 1 aromatic carbocycles. The zero-order chi connectivity index (χ0) is 23.4. The first-order valence-electron chi connectivity index (χ1n) is 11.7. The van der Waals surface area contributed by atoms with E-state index in [-0.39, 0.29) is 31.1 Å². The number of halogens is 2. The minimum absolute atomic E-state index is 0.165. The summed E-state index contributed by atoms with van der Waals surface area (Å²) in [6, 6.07) is 7.22. The van der Waals surface area contributed by atoms with Crippen molar-refractivity contribution < 1.29 is 18.6 Å². The molecule has 1 aromatic heterocycles. The lowest BCUT2D eigenvalue weighted by atomic mass is 10.0. The summed E-state index contributed by atoms with van der Waals surface area (Å²) < 4.78 is 34.7. The summed E-state index contributed by atoms with van der Waals surface area (Å²) in [5.41, 5.74) is 1.63. The molecule has 1 atom stereocenters. The maximum absolute atomic E-state index is 14.5. The van der Waals surface area contributed by atoms with Crippen LogP contribution in [0.25, 0.3) is 11.3 Å². The first-order chi connectivity index (χ1) is 15.8. The van der Waals surface area contributed by atoms with Crippen LogP contribution in [0.3, 0.4) is 0 Å². The number of anilines is 1. The van der Waals surface area contributed by atoms with Crippen LogP contribution in [0, 0.1) is 5.92 Å². The summed E-state index contributed by atoms with van der Waals surface area (Å²) in [6.45, 7) is 8.27. The molecule has 0 saturated carbocycles. The van der Waals surface area contributed by atoms with E-state index in [2.05, 4.69) is 34.4 Å². The molecule has 1 saturated heterocycles. The molecular weight excluding hydrogens is 428 g/mol. The molecular formula is C24H33F2N5O2. The van der Waals surface area contributed by atoms with Gasteiger partial charge in [-0.3, -0.25) is 4.90 Å². The molecule has 3 N–H and O–H groups in total. The van der Waals surface area contributed by atoms with Crippen molar-refractivity contribution in [3.05, 3.63) is 35.5 Å². The highest BCUT2D eigenvalue weighted by Crippen LogP contribution is 2.44. The van der Waals surface area contributed by atoms with Gasteiger partial charge in [-0.25, -0.2) is 9.97 Å². The molecule has 0 radical (unpaired) electrons. The number of nitrogens with one attached hydrogen (secondary N) is 2. The Kier molecular flexibility index (Phi) is 7.41. The highest BCUT2D eigenvalue weighted by Gasteiger charge is 2.43. The molecule has 9 heteroatoms. The summed E-state index contributed by atoms with van der Waals surface area (Å²) in [4.78, 5) is 10.7. The van der Waals surface area contributed by atoms with Crippen LogP contribution in [-0.4, -0.2) is 65.5 Å². The number of aliphatic hydroxyl groups excluding tert-OH is 1. The van der Waals surface area contributed by atoms with Crippen LogP contribution in [0.15, 0.2) is 24.3 Å². The first kappa shape index (κ1) is 23.8. The number of hydrogen-bond donors (Lipinski definition) is 3. The molecule has 2 aliphatic rings. The Morgan fingerprint density at radius 1 is 1.18 bits per heavy atom. The Balaban J connectivity index is 1.49. The van der Waals surface area contributed by atoms with E-state index in [1.54, 1.807) is 12.1 Å². The molecule has 0 amide bonds. The fourth-order valence-electron chi connectivity index (χ4n) is 4.18. The van der Waals surface area contributed by atoms with Gasteiger partial charge in [0.15, 0.2) is 0 Å². The van der Waals surface area contributed by atoms with Crippen molar-refractivity contribution in [3.63, 3.8) is 0 Å². The third kappa shape index (κ3) is 5.77. The standard InChI is InChI=1S/C24H33F2N5O2/c1-16(2)8-10-28-23-29-21(19-7-9-24(25,26)22(19)30-23)17-3-5-18(6-4-17)33-15-20(32)31-13-11-27-12-14-31/h3-6,16,20,27,32H,7-15H2,1-2H3,(H,28,29,30). The summed E-state index contributed by atoms with van der Waals surface area (Å²) in [6.07, 6.45) is 0.236. The van der Waals surface area contributed by atoms with Gasteiger partial charge in [0, 0.05) is 50.3 Å². The average Bonchev–Trinajstić information content (AvgIpc) is 3.12. The molecule has 1 unspecified atom stereocenters. The zero-order valence-corrected chi connectivity index (χ0v) is 19.3. The number of ether oxygens (including phenoxy) is 1. The van der Waals surface area contributed by atoms with Crippen molar-refractivity contribution in [1.29, 1.82) is 0 Å². The molecule has 1 aliphatic heterocycles. The molecule has 2 aromatic rings. The topological polar surface area (TPSA) is 82.5 Å². The Morgan fingerprint density at radius 2 is 1.91 bits per heavy atom. The van der Waals surface area contributed by atoms with Gasteiger partial charge in [0.05, 0.1) is 5.69 Å². The number of rotatable bonds is 9. The second kappa shape index (κ2) is 10.3. The molecule has 0 spiro atoms. The molecule has 7 nitrogen and oxygen atoms in total. The minimum atomic E-state index is -2.94. The number of aliphatic hydroxyl groups is 1. The van der Waals surface area contributed by atoms with Gasteiger partial charge in [0.2, 0.25) is 5.95 Å². The summed E-state index contributed by atoms with van der Waals surface area (Å²) in [5.74, 6) is -1.60. The van der Waals surface area contributed by atoms with E-state index in [1.165, 1.54) is 0 Å². The van der Waals surface area contributed by atoms with Crippen molar-refractivity contribution in [2.24, 2.45) is 5.92 Å². The van der Waals surface area contributed by atoms with Crippen molar-refractivity contribution in [3.8, 4) is 17.0 Å². The van der Waals surface area contributed by atoms with Crippen molar-refractivity contribution >= 4 is 5.95 Å². The van der Waals surface area contributed by atoms with Crippen molar-refractivity contribution in [1.82, 2.24) is 20.2 Å². The lowest BCUT2D eigenvalue weighted by Crippen LogP contribution is -2.50. The quantitative estimate of drug-likeness (QED) is 0.529. The van der Waals surface area contributed by atoms with Crippen LogP contribution >= 0.6 is 0 Å². The van der Waals surface area contributed by atoms with Crippen LogP contribution in [-0.2, 0) is 12.3 Å². The van der Waals surface area contributed by atoms with E-state index in [0.29, 0.717) is 29.5 Å². The summed E-state index contributed by atoms with van der Waals surface area (Å²) in [5, 5.41) is 16.7. The SMILES string of the molecule is CC(C)CCNc1nc(-c2ccc(OCC(O)N3CCNCC3)cc2)c2c(n1)C(F)(F)CC2. The van der Waals surface area contributed by atoms with Crippen LogP contribution in [0.5, 0.6) is 5.75 Å². The normalized spacial score (nSPS) is 18.8. The number of nitrogens with zero attached hydrogens (tertiary/aromatic N) is 3. The second-order valence-electron chi connectivity index (χ2n) is 9.14. The van der Waals surface area contributed by atoms with E-state index in [1.807, 2.05) is 17.0 Å². The van der Waals surface area contributed by atoms with Gasteiger partial charge in [-0.05, 0) is 43.0 Å². The van der Waals surface area contributed by atoms with E-state index < -0.39 is 12.2 Å². The molecule has 1 fully saturated rings. The van der Waals surface area contributed by atoms with Crippen LogP contribution in [0.4, 0.5) is 14.7 Å². The molecule has 2 heterocycles. The predicted molar refractivity (Wildman–Crippen MR) is 124 cm³/mol. The maximum Gasteiger partial charge on any atom is 0.290 e. The van der Waals surface area contributed by atoms with E-state index in [4.69, 9.17) is 4.74 Å². The molecule has 4 rings (SSSR count). The van der Waals surface area contributed by atoms with Gasteiger partial charge in [0.25, 0.3) is 5.92 Å².